The van der Waals surface area contributed by atoms with Gasteiger partial charge in [0.2, 0.25) is 0 Å². The summed E-state index contributed by atoms with van der Waals surface area (Å²) in [6.07, 6.45) is 4.30. The molecule has 1 aliphatic rings. The van der Waals surface area contributed by atoms with Gasteiger partial charge in [-0.2, -0.15) is 5.26 Å². The Kier molecular flexibility index (Phi) is 3.14. The Bertz CT molecular complexity index is 379. The van der Waals surface area contributed by atoms with E-state index in [1.165, 1.54) is 12.8 Å². The number of rotatable bonds is 3. The third kappa shape index (κ3) is 2.19. The van der Waals surface area contributed by atoms with E-state index in [1.54, 1.807) is 0 Å². The molecular weight excluding hydrogens is 196 g/mol. The second-order valence-corrected chi connectivity index (χ2v) is 4.70. The third-order valence-corrected chi connectivity index (χ3v) is 3.57. The molecule has 0 radical (unpaired) electrons. The summed E-state index contributed by atoms with van der Waals surface area (Å²) in [7, 11) is 0. The molecule has 0 bridgehead atoms. The van der Waals surface area contributed by atoms with E-state index in [0.717, 1.165) is 18.5 Å². The summed E-state index contributed by atoms with van der Waals surface area (Å²) in [6.45, 7) is 2.21. The van der Waals surface area contributed by atoms with Crippen molar-refractivity contribution in [2.24, 2.45) is 5.92 Å². The second-order valence-electron chi connectivity index (χ2n) is 4.70. The van der Waals surface area contributed by atoms with Crippen LogP contribution in [0.5, 0.6) is 0 Å². The van der Waals surface area contributed by atoms with Gasteiger partial charge in [0, 0.05) is 5.69 Å². The van der Waals surface area contributed by atoms with Crippen LogP contribution in [0.25, 0.3) is 0 Å². The highest BCUT2D eigenvalue weighted by atomic mass is 15.0. The standard InChI is InChI=1S/C14H18N2/c1-2-12-8-9-14(10-12,11-15)16-13-6-4-3-5-7-13/h3-7,12,16H,2,8-10H2,1H3. The zero-order valence-corrected chi connectivity index (χ0v) is 9.74. The highest BCUT2D eigenvalue weighted by Gasteiger charge is 2.38. The average molecular weight is 214 g/mol. The Morgan fingerprint density at radius 1 is 1.44 bits per heavy atom. The second kappa shape index (κ2) is 4.57. The minimum atomic E-state index is -0.331. The predicted octanol–water partition coefficient (Wildman–Crippen LogP) is 3.57. The van der Waals surface area contributed by atoms with Gasteiger partial charge in [0.05, 0.1) is 6.07 Å². The van der Waals surface area contributed by atoms with Crippen molar-refractivity contribution in [3.8, 4) is 6.07 Å². The van der Waals surface area contributed by atoms with Crippen molar-refractivity contribution in [1.29, 1.82) is 5.26 Å². The van der Waals surface area contributed by atoms with Gasteiger partial charge in [-0.3, -0.25) is 0 Å². The van der Waals surface area contributed by atoms with Crippen LogP contribution in [-0.2, 0) is 0 Å². The molecular formula is C14H18N2. The lowest BCUT2D eigenvalue weighted by Crippen LogP contribution is -2.33. The lowest BCUT2D eigenvalue weighted by molar-refractivity contribution is 0.503. The van der Waals surface area contributed by atoms with Gasteiger partial charge in [-0.05, 0) is 37.3 Å². The molecule has 0 saturated heterocycles. The molecule has 2 atom stereocenters. The van der Waals surface area contributed by atoms with E-state index in [2.05, 4.69) is 18.3 Å². The molecule has 1 aromatic carbocycles. The Balaban J connectivity index is 2.10. The molecule has 1 aliphatic carbocycles. The first kappa shape index (κ1) is 11.0. The molecule has 1 N–H and O–H groups in total. The van der Waals surface area contributed by atoms with E-state index in [9.17, 15) is 5.26 Å². The van der Waals surface area contributed by atoms with Gasteiger partial charge in [-0.15, -0.1) is 0 Å². The molecule has 1 aromatic rings. The molecule has 2 heteroatoms. The van der Waals surface area contributed by atoms with Crippen LogP contribution in [0.1, 0.15) is 32.6 Å². The van der Waals surface area contributed by atoms with Crippen LogP contribution in [0.15, 0.2) is 30.3 Å². The van der Waals surface area contributed by atoms with Gasteiger partial charge in [0.1, 0.15) is 5.54 Å². The van der Waals surface area contributed by atoms with Crippen molar-refractivity contribution in [3.05, 3.63) is 30.3 Å². The van der Waals surface area contributed by atoms with Crippen molar-refractivity contribution in [3.63, 3.8) is 0 Å². The highest BCUT2D eigenvalue weighted by molar-refractivity contribution is 5.47. The quantitative estimate of drug-likeness (QED) is 0.835. The first-order chi connectivity index (χ1) is 7.78. The van der Waals surface area contributed by atoms with Crippen molar-refractivity contribution in [2.45, 2.75) is 38.1 Å². The van der Waals surface area contributed by atoms with Crippen LogP contribution in [0.3, 0.4) is 0 Å². The molecule has 0 aliphatic heterocycles. The monoisotopic (exact) mass is 214 g/mol. The maximum atomic E-state index is 9.38. The van der Waals surface area contributed by atoms with E-state index in [0.29, 0.717) is 5.92 Å². The van der Waals surface area contributed by atoms with E-state index < -0.39 is 0 Å². The van der Waals surface area contributed by atoms with E-state index >= 15 is 0 Å². The van der Waals surface area contributed by atoms with Crippen LogP contribution in [0.2, 0.25) is 0 Å². The zero-order valence-electron chi connectivity index (χ0n) is 9.74. The highest BCUT2D eigenvalue weighted by Crippen LogP contribution is 2.38. The van der Waals surface area contributed by atoms with Gasteiger partial charge in [-0.25, -0.2) is 0 Å². The van der Waals surface area contributed by atoms with Crippen molar-refractivity contribution >= 4 is 5.69 Å². The smallest absolute Gasteiger partial charge is 0.125 e. The van der Waals surface area contributed by atoms with Gasteiger partial charge >= 0.3 is 0 Å². The first-order valence-corrected chi connectivity index (χ1v) is 6.02. The van der Waals surface area contributed by atoms with Crippen molar-refractivity contribution in [2.75, 3.05) is 5.32 Å². The fraction of sp³-hybridized carbons (Fsp3) is 0.500. The molecule has 1 fully saturated rings. The number of para-hydroxylation sites is 1. The summed E-state index contributed by atoms with van der Waals surface area (Å²) in [4.78, 5) is 0. The predicted molar refractivity (Wildman–Crippen MR) is 66.0 cm³/mol. The van der Waals surface area contributed by atoms with E-state index in [4.69, 9.17) is 0 Å². The largest absolute Gasteiger partial charge is 0.367 e. The van der Waals surface area contributed by atoms with Crippen LogP contribution in [0.4, 0.5) is 5.69 Å². The summed E-state index contributed by atoms with van der Waals surface area (Å²) in [5.41, 5.74) is 0.725. The molecule has 2 unspecified atom stereocenters. The molecule has 0 amide bonds. The van der Waals surface area contributed by atoms with Crippen molar-refractivity contribution < 1.29 is 0 Å². The van der Waals surface area contributed by atoms with E-state index in [1.807, 2.05) is 30.3 Å². The number of anilines is 1. The number of nitriles is 1. The maximum absolute atomic E-state index is 9.38. The van der Waals surface area contributed by atoms with E-state index in [-0.39, 0.29) is 5.54 Å². The minimum absolute atomic E-state index is 0.331. The minimum Gasteiger partial charge on any atom is -0.367 e. The number of benzene rings is 1. The number of nitrogens with zero attached hydrogens (tertiary/aromatic N) is 1. The number of nitrogens with one attached hydrogen (secondary N) is 1. The average Bonchev–Trinajstić information content (AvgIpc) is 2.75. The van der Waals surface area contributed by atoms with Gasteiger partial charge in [-0.1, -0.05) is 31.5 Å². The van der Waals surface area contributed by atoms with Crippen LogP contribution >= 0.6 is 0 Å². The molecule has 0 spiro atoms. The number of hydrogen-bond donors (Lipinski definition) is 1. The fourth-order valence-electron chi connectivity index (χ4n) is 2.54. The third-order valence-electron chi connectivity index (χ3n) is 3.57. The molecule has 0 heterocycles. The topological polar surface area (TPSA) is 35.8 Å². The lowest BCUT2D eigenvalue weighted by Gasteiger charge is -2.24. The molecule has 2 nitrogen and oxygen atoms in total. The van der Waals surface area contributed by atoms with Crippen molar-refractivity contribution in [1.82, 2.24) is 0 Å². The Labute approximate surface area is 97.3 Å². The SMILES string of the molecule is CCC1CCC(C#N)(Nc2ccccc2)C1. The van der Waals surface area contributed by atoms with Crippen LogP contribution in [-0.4, -0.2) is 5.54 Å². The summed E-state index contributed by atoms with van der Waals surface area (Å²) in [5.74, 6) is 0.705. The summed E-state index contributed by atoms with van der Waals surface area (Å²) < 4.78 is 0. The zero-order chi connectivity index (χ0) is 11.4. The normalized spacial score (nSPS) is 28.6. The Hall–Kier alpha value is -1.49. The molecule has 0 aromatic heterocycles. The van der Waals surface area contributed by atoms with Gasteiger partial charge < -0.3 is 5.32 Å². The van der Waals surface area contributed by atoms with Crippen LogP contribution < -0.4 is 5.32 Å². The molecule has 16 heavy (non-hydrogen) atoms. The Morgan fingerprint density at radius 2 is 2.19 bits per heavy atom. The molecule has 2 rings (SSSR count). The maximum Gasteiger partial charge on any atom is 0.125 e. The lowest BCUT2D eigenvalue weighted by atomic mass is 9.96. The van der Waals surface area contributed by atoms with Crippen LogP contribution in [0, 0.1) is 17.2 Å². The summed E-state index contributed by atoms with van der Waals surface area (Å²) in [6, 6.07) is 12.5. The summed E-state index contributed by atoms with van der Waals surface area (Å²) in [5, 5.41) is 12.8. The molecule has 84 valence electrons. The summed E-state index contributed by atoms with van der Waals surface area (Å²) >= 11 is 0. The molecule has 1 saturated carbocycles. The fourth-order valence-corrected chi connectivity index (χ4v) is 2.54. The van der Waals surface area contributed by atoms with Gasteiger partial charge in [0.25, 0.3) is 0 Å². The van der Waals surface area contributed by atoms with Gasteiger partial charge in [0.15, 0.2) is 0 Å². The number of hydrogen-bond acceptors (Lipinski definition) is 2. The Morgan fingerprint density at radius 3 is 2.75 bits per heavy atom. The first-order valence-electron chi connectivity index (χ1n) is 6.02.